The van der Waals surface area contributed by atoms with Gasteiger partial charge in [0.25, 0.3) is 11.6 Å². The van der Waals surface area contributed by atoms with Gasteiger partial charge in [-0.3, -0.25) is 14.9 Å². The molecular formula is C21H19N3O7S. The summed E-state index contributed by atoms with van der Waals surface area (Å²) in [5, 5.41) is 12.2. The van der Waals surface area contributed by atoms with Gasteiger partial charge in [0, 0.05) is 13.1 Å². The Balaban J connectivity index is 1.46. The van der Waals surface area contributed by atoms with E-state index in [0.717, 1.165) is 21.3 Å². The number of thiazole rings is 1. The highest BCUT2D eigenvalue weighted by molar-refractivity contribution is 7.18. The Bertz CT molecular complexity index is 1180. The molecule has 11 heteroatoms. The predicted octanol–water partition coefficient (Wildman–Crippen LogP) is 3.18. The van der Waals surface area contributed by atoms with Crippen LogP contribution in [0.2, 0.25) is 0 Å². The van der Waals surface area contributed by atoms with E-state index in [9.17, 15) is 19.7 Å². The van der Waals surface area contributed by atoms with E-state index >= 15 is 0 Å². The Morgan fingerprint density at radius 3 is 2.62 bits per heavy atom. The molecule has 32 heavy (non-hydrogen) atoms. The van der Waals surface area contributed by atoms with Gasteiger partial charge in [-0.25, -0.2) is 9.78 Å². The molecule has 1 aliphatic heterocycles. The molecule has 0 saturated heterocycles. The average Bonchev–Trinajstić information content (AvgIpc) is 3.19. The lowest BCUT2D eigenvalue weighted by Gasteiger charge is -2.21. The topological polar surface area (TPSA) is 121 Å². The van der Waals surface area contributed by atoms with Gasteiger partial charge in [-0.2, -0.15) is 0 Å². The van der Waals surface area contributed by atoms with Crippen molar-refractivity contribution in [2.45, 2.75) is 19.6 Å². The summed E-state index contributed by atoms with van der Waals surface area (Å²) < 4.78 is 17.0. The van der Waals surface area contributed by atoms with Crippen molar-refractivity contribution in [3.8, 4) is 11.5 Å². The second-order valence-electron chi connectivity index (χ2n) is 7.09. The Morgan fingerprint density at radius 2 is 1.94 bits per heavy atom. The summed E-state index contributed by atoms with van der Waals surface area (Å²) in [7, 11) is 1.57. The first-order valence-electron chi connectivity index (χ1n) is 9.72. The SMILES string of the molecule is CC(OC(=O)c1cc2c(cc1[N+](=O)[O-])OCCO2)C(=O)N(C)Cc1nc2ccccc2s1. The number of likely N-dealkylation sites (N-methyl/N-ethyl adjacent to an activating group) is 1. The third-order valence-electron chi connectivity index (χ3n) is 4.80. The molecule has 0 spiro atoms. The van der Waals surface area contributed by atoms with Gasteiger partial charge in [-0.15, -0.1) is 11.3 Å². The molecular weight excluding hydrogens is 438 g/mol. The molecule has 2 aromatic carbocycles. The second-order valence-corrected chi connectivity index (χ2v) is 8.20. The minimum Gasteiger partial charge on any atom is -0.486 e. The monoisotopic (exact) mass is 457 g/mol. The maximum atomic E-state index is 12.7. The minimum absolute atomic E-state index is 0.180. The van der Waals surface area contributed by atoms with Crippen molar-refractivity contribution in [2.75, 3.05) is 20.3 Å². The standard InChI is InChI=1S/C21H19N3O7S/c1-12(20(25)23(2)11-19-22-14-5-3-4-6-18(14)32-19)31-21(26)13-9-16-17(30-8-7-29-16)10-15(13)24(27)28/h3-6,9-10,12H,7-8,11H2,1-2H3. The Kier molecular flexibility index (Phi) is 5.91. The van der Waals surface area contributed by atoms with E-state index in [4.69, 9.17) is 14.2 Å². The lowest BCUT2D eigenvalue weighted by Crippen LogP contribution is -2.37. The fraction of sp³-hybridized carbons (Fsp3) is 0.286. The molecule has 1 amide bonds. The maximum absolute atomic E-state index is 12.7. The number of nitrogens with zero attached hydrogens (tertiary/aromatic N) is 3. The molecule has 1 aliphatic rings. The lowest BCUT2D eigenvalue weighted by atomic mass is 10.1. The summed E-state index contributed by atoms with van der Waals surface area (Å²) in [5.41, 5.74) is 0.0493. The molecule has 3 aromatic rings. The van der Waals surface area contributed by atoms with Crippen molar-refractivity contribution >= 4 is 39.1 Å². The number of nitro groups is 1. The smallest absolute Gasteiger partial charge is 0.346 e. The van der Waals surface area contributed by atoms with Crippen LogP contribution >= 0.6 is 11.3 Å². The molecule has 166 valence electrons. The van der Waals surface area contributed by atoms with Crippen LogP contribution in [0, 0.1) is 10.1 Å². The van der Waals surface area contributed by atoms with Crippen LogP contribution in [0.1, 0.15) is 22.3 Å². The number of amides is 1. The van der Waals surface area contributed by atoms with Gasteiger partial charge in [-0.1, -0.05) is 12.1 Å². The highest BCUT2D eigenvalue weighted by atomic mass is 32.1. The molecule has 0 N–H and O–H groups in total. The lowest BCUT2D eigenvalue weighted by molar-refractivity contribution is -0.385. The summed E-state index contributed by atoms with van der Waals surface area (Å²) >= 11 is 1.47. The first-order valence-corrected chi connectivity index (χ1v) is 10.5. The van der Waals surface area contributed by atoms with Gasteiger partial charge >= 0.3 is 5.97 Å². The van der Waals surface area contributed by atoms with Crippen molar-refractivity contribution in [1.82, 2.24) is 9.88 Å². The van der Waals surface area contributed by atoms with E-state index in [0.29, 0.717) is 0 Å². The Labute approximate surface area is 186 Å². The van der Waals surface area contributed by atoms with Gasteiger partial charge in [0.2, 0.25) is 0 Å². The first-order chi connectivity index (χ1) is 15.3. The number of esters is 1. The van der Waals surface area contributed by atoms with Crippen molar-refractivity contribution in [1.29, 1.82) is 0 Å². The highest BCUT2D eigenvalue weighted by Crippen LogP contribution is 2.37. The molecule has 0 radical (unpaired) electrons. The number of carbonyl (C=O) groups excluding carboxylic acids is 2. The zero-order valence-corrected chi connectivity index (χ0v) is 18.1. The van der Waals surface area contributed by atoms with Crippen LogP contribution < -0.4 is 9.47 Å². The fourth-order valence-electron chi connectivity index (χ4n) is 3.25. The zero-order chi connectivity index (χ0) is 22.8. The number of carbonyl (C=O) groups is 2. The quantitative estimate of drug-likeness (QED) is 0.314. The molecule has 4 rings (SSSR count). The van der Waals surface area contributed by atoms with Crippen LogP contribution in [0.5, 0.6) is 11.5 Å². The number of rotatable bonds is 6. The fourth-order valence-corrected chi connectivity index (χ4v) is 4.27. The largest absolute Gasteiger partial charge is 0.486 e. The summed E-state index contributed by atoms with van der Waals surface area (Å²) in [5.74, 6) is -1.07. The molecule has 0 aliphatic carbocycles. The van der Waals surface area contributed by atoms with Crippen molar-refractivity contribution < 1.29 is 28.7 Å². The number of benzene rings is 2. The molecule has 2 heterocycles. The van der Waals surface area contributed by atoms with Gasteiger partial charge in [0.15, 0.2) is 17.6 Å². The van der Waals surface area contributed by atoms with E-state index in [1.807, 2.05) is 24.3 Å². The summed E-state index contributed by atoms with van der Waals surface area (Å²) in [6.07, 6.45) is -1.16. The van der Waals surface area contributed by atoms with Gasteiger partial charge < -0.3 is 19.1 Å². The normalized spacial score (nSPS) is 13.4. The van der Waals surface area contributed by atoms with Crippen molar-refractivity contribution in [2.24, 2.45) is 0 Å². The van der Waals surface area contributed by atoms with Crippen molar-refractivity contribution in [3.05, 3.63) is 57.1 Å². The Hall–Kier alpha value is -3.73. The van der Waals surface area contributed by atoms with Crippen LogP contribution in [0.15, 0.2) is 36.4 Å². The van der Waals surface area contributed by atoms with Crippen LogP contribution in [0.3, 0.4) is 0 Å². The Morgan fingerprint density at radius 1 is 1.25 bits per heavy atom. The number of hydrogen-bond donors (Lipinski definition) is 0. The molecule has 0 fully saturated rings. The van der Waals surface area contributed by atoms with Crippen LogP contribution in [0.25, 0.3) is 10.2 Å². The molecule has 0 saturated carbocycles. The van der Waals surface area contributed by atoms with Crippen LogP contribution in [0.4, 0.5) is 5.69 Å². The van der Waals surface area contributed by atoms with Crippen LogP contribution in [-0.4, -0.2) is 53.0 Å². The number of aromatic nitrogens is 1. The van der Waals surface area contributed by atoms with Gasteiger partial charge in [0.05, 0.1) is 27.8 Å². The van der Waals surface area contributed by atoms with E-state index < -0.39 is 28.6 Å². The van der Waals surface area contributed by atoms with Crippen molar-refractivity contribution in [3.63, 3.8) is 0 Å². The molecule has 10 nitrogen and oxygen atoms in total. The summed E-state index contributed by atoms with van der Waals surface area (Å²) in [4.78, 5) is 42.0. The number of ether oxygens (including phenoxy) is 3. The molecule has 1 unspecified atom stereocenters. The van der Waals surface area contributed by atoms with Gasteiger partial charge in [-0.05, 0) is 19.1 Å². The first kappa shape index (κ1) is 21.5. The molecule has 1 aromatic heterocycles. The number of fused-ring (bicyclic) bond motifs is 2. The second kappa shape index (κ2) is 8.79. The predicted molar refractivity (Wildman–Crippen MR) is 115 cm³/mol. The van der Waals surface area contributed by atoms with E-state index in [1.165, 1.54) is 29.2 Å². The van der Waals surface area contributed by atoms with Gasteiger partial charge in [0.1, 0.15) is 23.8 Å². The number of hydrogen-bond acceptors (Lipinski definition) is 9. The van der Waals surface area contributed by atoms with Crippen LogP contribution in [-0.2, 0) is 16.1 Å². The third-order valence-corrected chi connectivity index (χ3v) is 5.82. The number of para-hydroxylation sites is 1. The maximum Gasteiger partial charge on any atom is 0.346 e. The molecule has 1 atom stereocenters. The zero-order valence-electron chi connectivity index (χ0n) is 17.3. The van der Waals surface area contributed by atoms with E-state index in [1.54, 1.807) is 7.05 Å². The average molecular weight is 457 g/mol. The third kappa shape index (κ3) is 4.33. The summed E-state index contributed by atoms with van der Waals surface area (Å²) in [6.45, 7) is 2.16. The minimum atomic E-state index is -1.16. The summed E-state index contributed by atoms with van der Waals surface area (Å²) in [6, 6.07) is 9.97. The number of nitro benzene ring substituents is 1. The molecule has 0 bridgehead atoms. The highest BCUT2D eigenvalue weighted by Gasteiger charge is 2.30. The van der Waals surface area contributed by atoms with E-state index in [2.05, 4.69) is 4.98 Å². The van der Waals surface area contributed by atoms with E-state index in [-0.39, 0.29) is 36.8 Å².